The maximum Gasteiger partial charge on any atom is 0.416 e. The van der Waals surface area contributed by atoms with E-state index in [2.05, 4.69) is 10.1 Å². The summed E-state index contributed by atoms with van der Waals surface area (Å²) in [6.45, 7) is 4.20. The predicted molar refractivity (Wildman–Crippen MR) is 113 cm³/mol. The van der Waals surface area contributed by atoms with Crippen molar-refractivity contribution < 1.29 is 22.7 Å². The maximum absolute atomic E-state index is 13.0. The molecule has 2 heterocycles. The van der Waals surface area contributed by atoms with Crippen LogP contribution in [-0.4, -0.2) is 42.0 Å². The highest BCUT2D eigenvalue weighted by Crippen LogP contribution is 2.33. The zero-order valence-electron chi connectivity index (χ0n) is 17.6. The Morgan fingerprint density at radius 2 is 1.71 bits per heavy atom. The van der Waals surface area contributed by atoms with Crippen molar-refractivity contribution in [3.8, 4) is 5.75 Å². The van der Waals surface area contributed by atoms with Gasteiger partial charge in [0.15, 0.2) is 5.60 Å². The van der Waals surface area contributed by atoms with E-state index in [1.165, 1.54) is 18.6 Å². The lowest BCUT2D eigenvalue weighted by molar-refractivity contribution is -0.137. The molecular formula is C24H27F3N2O2. The molecule has 2 aliphatic heterocycles. The van der Waals surface area contributed by atoms with E-state index in [0.29, 0.717) is 24.3 Å². The topological polar surface area (TPSA) is 34.1 Å². The van der Waals surface area contributed by atoms with Gasteiger partial charge in [0.1, 0.15) is 18.1 Å². The Kier molecular flexibility index (Phi) is 6.23. The highest BCUT2D eigenvalue weighted by atomic mass is 19.4. The van der Waals surface area contributed by atoms with Crippen molar-refractivity contribution >= 4 is 5.71 Å². The lowest BCUT2D eigenvalue weighted by atomic mass is 9.88. The molecule has 0 saturated carbocycles. The number of alkyl halides is 3. The van der Waals surface area contributed by atoms with Gasteiger partial charge in [-0.1, -0.05) is 41.9 Å². The molecule has 2 unspecified atom stereocenters. The van der Waals surface area contributed by atoms with E-state index in [9.17, 15) is 13.2 Å². The van der Waals surface area contributed by atoms with Crippen LogP contribution in [-0.2, 0) is 11.0 Å². The number of para-hydroxylation sites is 1. The van der Waals surface area contributed by atoms with Crippen LogP contribution in [0.2, 0.25) is 0 Å². The second-order valence-electron chi connectivity index (χ2n) is 8.51. The number of rotatable bonds is 5. The average molecular weight is 432 g/mol. The summed E-state index contributed by atoms with van der Waals surface area (Å²) < 4.78 is 44.9. The van der Waals surface area contributed by atoms with Crippen LogP contribution in [0.3, 0.4) is 0 Å². The molecule has 0 radical (unpaired) electrons. The summed E-state index contributed by atoms with van der Waals surface area (Å²) in [7, 11) is 0. The van der Waals surface area contributed by atoms with Gasteiger partial charge in [-0.25, -0.2) is 0 Å². The highest BCUT2D eigenvalue weighted by molar-refractivity contribution is 6.04. The Balaban J connectivity index is 1.57. The molecule has 0 spiro atoms. The lowest BCUT2D eigenvalue weighted by Crippen LogP contribution is -2.53. The van der Waals surface area contributed by atoms with Crippen LogP contribution in [0.4, 0.5) is 13.2 Å². The zero-order chi connectivity index (χ0) is 21.9. The number of hydrogen-bond acceptors (Lipinski definition) is 4. The SMILES string of the molecule is CC1(COc2ccccc2)CC(N2CCCCC2)C(c2ccc(C(F)(F)F)cc2)=NO1. The van der Waals surface area contributed by atoms with Crippen LogP contribution < -0.4 is 4.74 Å². The van der Waals surface area contributed by atoms with Gasteiger partial charge < -0.3 is 9.57 Å². The first-order valence-corrected chi connectivity index (χ1v) is 10.7. The Labute approximate surface area is 180 Å². The predicted octanol–water partition coefficient (Wildman–Crippen LogP) is 5.52. The lowest BCUT2D eigenvalue weighted by Gasteiger charge is -2.42. The minimum Gasteiger partial charge on any atom is -0.489 e. The summed E-state index contributed by atoms with van der Waals surface area (Å²) in [5.74, 6) is 0.763. The Bertz CT molecular complexity index is 893. The van der Waals surface area contributed by atoms with Gasteiger partial charge in [-0.05, 0) is 57.1 Å². The molecule has 31 heavy (non-hydrogen) atoms. The van der Waals surface area contributed by atoms with E-state index in [-0.39, 0.29) is 6.04 Å². The summed E-state index contributed by atoms with van der Waals surface area (Å²) in [5, 5.41) is 4.43. The summed E-state index contributed by atoms with van der Waals surface area (Å²) >= 11 is 0. The van der Waals surface area contributed by atoms with E-state index in [1.54, 1.807) is 0 Å². The number of ether oxygens (including phenoxy) is 1. The van der Waals surface area contributed by atoms with Gasteiger partial charge in [0.2, 0.25) is 0 Å². The molecule has 1 saturated heterocycles. The molecule has 0 aromatic heterocycles. The van der Waals surface area contributed by atoms with Crippen LogP contribution >= 0.6 is 0 Å². The Morgan fingerprint density at radius 3 is 2.35 bits per heavy atom. The Hall–Kier alpha value is -2.54. The van der Waals surface area contributed by atoms with Crippen LogP contribution in [0.1, 0.15) is 43.7 Å². The first-order chi connectivity index (χ1) is 14.8. The largest absolute Gasteiger partial charge is 0.489 e. The van der Waals surface area contributed by atoms with Crippen LogP contribution in [0.5, 0.6) is 5.75 Å². The summed E-state index contributed by atoms with van der Waals surface area (Å²) in [5.41, 5.74) is 0.0551. The molecule has 7 heteroatoms. The summed E-state index contributed by atoms with van der Waals surface area (Å²) in [6, 6.07) is 14.7. The molecule has 2 aromatic rings. The van der Waals surface area contributed by atoms with E-state index in [0.717, 1.165) is 43.8 Å². The molecule has 2 aliphatic rings. The number of benzene rings is 2. The van der Waals surface area contributed by atoms with Crippen molar-refractivity contribution in [3.63, 3.8) is 0 Å². The number of oxime groups is 1. The fourth-order valence-corrected chi connectivity index (χ4v) is 4.21. The van der Waals surface area contributed by atoms with Gasteiger partial charge >= 0.3 is 6.18 Å². The molecule has 166 valence electrons. The smallest absolute Gasteiger partial charge is 0.416 e. The van der Waals surface area contributed by atoms with Gasteiger partial charge in [0.05, 0.1) is 11.6 Å². The molecule has 4 nitrogen and oxygen atoms in total. The minimum atomic E-state index is -4.36. The normalized spacial score (nSPS) is 24.9. The quantitative estimate of drug-likeness (QED) is 0.624. The first kappa shape index (κ1) is 21.7. The molecule has 0 bridgehead atoms. The molecule has 0 N–H and O–H groups in total. The van der Waals surface area contributed by atoms with Crippen LogP contribution in [0.15, 0.2) is 59.8 Å². The van der Waals surface area contributed by atoms with Crippen molar-refractivity contribution in [2.75, 3.05) is 19.7 Å². The second-order valence-corrected chi connectivity index (χ2v) is 8.51. The monoisotopic (exact) mass is 432 g/mol. The fourth-order valence-electron chi connectivity index (χ4n) is 4.21. The van der Waals surface area contributed by atoms with Crippen LogP contribution in [0, 0.1) is 0 Å². The van der Waals surface area contributed by atoms with Crippen molar-refractivity contribution in [1.29, 1.82) is 0 Å². The third kappa shape index (κ3) is 5.21. The van der Waals surface area contributed by atoms with Gasteiger partial charge in [0.25, 0.3) is 0 Å². The molecule has 0 amide bonds. The maximum atomic E-state index is 13.0. The molecule has 2 aromatic carbocycles. The molecule has 4 rings (SSSR count). The van der Waals surface area contributed by atoms with E-state index < -0.39 is 17.3 Å². The van der Waals surface area contributed by atoms with E-state index >= 15 is 0 Å². The van der Waals surface area contributed by atoms with Gasteiger partial charge in [-0.2, -0.15) is 13.2 Å². The van der Waals surface area contributed by atoms with Crippen molar-refractivity contribution in [2.45, 2.75) is 50.4 Å². The number of hydrogen-bond donors (Lipinski definition) is 0. The van der Waals surface area contributed by atoms with Crippen molar-refractivity contribution in [1.82, 2.24) is 4.90 Å². The first-order valence-electron chi connectivity index (χ1n) is 10.7. The summed E-state index contributed by atoms with van der Waals surface area (Å²) in [6.07, 6.45) is -0.298. The second kappa shape index (κ2) is 8.91. The van der Waals surface area contributed by atoms with Crippen molar-refractivity contribution in [3.05, 3.63) is 65.7 Å². The van der Waals surface area contributed by atoms with Gasteiger partial charge in [0, 0.05) is 12.0 Å². The molecule has 2 atom stereocenters. The third-order valence-electron chi connectivity index (χ3n) is 5.93. The van der Waals surface area contributed by atoms with Gasteiger partial charge in [-0.15, -0.1) is 0 Å². The molecule has 1 fully saturated rings. The van der Waals surface area contributed by atoms with Crippen molar-refractivity contribution in [2.24, 2.45) is 5.16 Å². The number of piperidine rings is 1. The van der Waals surface area contributed by atoms with Gasteiger partial charge in [-0.3, -0.25) is 4.90 Å². The Morgan fingerprint density at radius 1 is 1.03 bits per heavy atom. The third-order valence-corrected chi connectivity index (χ3v) is 5.93. The van der Waals surface area contributed by atoms with E-state index in [1.807, 2.05) is 37.3 Å². The zero-order valence-corrected chi connectivity index (χ0v) is 17.6. The van der Waals surface area contributed by atoms with Crippen LogP contribution in [0.25, 0.3) is 0 Å². The minimum absolute atomic E-state index is 0.0323. The molecular weight excluding hydrogens is 405 g/mol. The molecule has 0 aliphatic carbocycles. The fraction of sp³-hybridized carbons (Fsp3) is 0.458. The number of likely N-dealkylation sites (tertiary alicyclic amines) is 1. The standard InChI is InChI=1S/C24H27F3N2O2/c1-23(17-30-20-8-4-2-5-9-20)16-21(29-14-6-3-7-15-29)22(28-31-23)18-10-12-19(13-11-18)24(25,26)27/h2,4-5,8-13,21H,3,6-7,14-17H2,1H3. The number of halogens is 3. The average Bonchev–Trinajstić information content (AvgIpc) is 2.79. The highest BCUT2D eigenvalue weighted by Gasteiger charge is 2.41. The van der Waals surface area contributed by atoms with E-state index in [4.69, 9.17) is 9.57 Å². The summed E-state index contributed by atoms with van der Waals surface area (Å²) in [4.78, 5) is 8.27. The number of nitrogens with zero attached hydrogens (tertiary/aromatic N) is 2.